The number of carbonyl (C=O) groups excluding carboxylic acids is 3. The number of carbonyl (C=O) groups is 3. The molecule has 0 atom stereocenters. The number of halogens is 2. The third-order valence-corrected chi connectivity index (χ3v) is 6.32. The number of amides is 1. The van der Waals surface area contributed by atoms with E-state index in [9.17, 15) is 14.4 Å². The van der Waals surface area contributed by atoms with Gasteiger partial charge in [0.2, 0.25) is 0 Å². The van der Waals surface area contributed by atoms with Crippen LogP contribution in [-0.4, -0.2) is 30.1 Å². The van der Waals surface area contributed by atoms with Gasteiger partial charge in [0.15, 0.2) is 5.76 Å². The molecule has 11 heteroatoms. The van der Waals surface area contributed by atoms with Crippen molar-refractivity contribution < 1.29 is 33.0 Å². The van der Waals surface area contributed by atoms with Crippen molar-refractivity contribution in [3.63, 3.8) is 0 Å². The number of hydrogen-bond acceptors (Lipinski definition) is 8. The fourth-order valence-corrected chi connectivity index (χ4v) is 4.60. The first-order valence-electron chi connectivity index (χ1n) is 11.0. The molecule has 0 radical (unpaired) electrons. The largest absolute Gasteiger partial charge is 0.484 e. The molecular formula is C25H25Cl2NO7S. The predicted octanol–water partition coefficient (Wildman–Crippen LogP) is 6.92. The molecule has 1 N–H and O–H groups in total. The topological polar surface area (TPSA) is 104 Å². The van der Waals surface area contributed by atoms with Crippen LogP contribution < -0.4 is 10.1 Å². The van der Waals surface area contributed by atoms with E-state index in [1.807, 2.05) is 0 Å². The lowest BCUT2D eigenvalue weighted by Gasteiger charge is -2.10. The maximum absolute atomic E-state index is 12.9. The number of furan rings is 1. The van der Waals surface area contributed by atoms with Crippen LogP contribution in [0.2, 0.25) is 10.0 Å². The van der Waals surface area contributed by atoms with Crippen molar-refractivity contribution >= 4 is 57.4 Å². The first kappa shape index (κ1) is 27.6. The number of benzene rings is 1. The van der Waals surface area contributed by atoms with Crippen molar-refractivity contribution in [3.05, 3.63) is 67.9 Å². The minimum Gasteiger partial charge on any atom is -0.484 e. The molecule has 0 aliphatic rings. The van der Waals surface area contributed by atoms with Gasteiger partial charge in [-0.3, -0.25) is 4.79 Å². The van der Waals surface area contributed by atoms with E-state index in [1.54, 1.807) is 58.9 Å². The molecule has 0 saturated carbocycles. The van der Waals surface area contributed by atoms with Crippen LogP contribution in [0.3, 0.4) is 0 Å². The van der Waals surface area contributed by atoms with E-state index in [1.165, 1.54) is 6.07 Å². The first-order chi connectivity index (χ1) is 17.0. The molecule has 0 bridgehead atoms. The van der Waals surface area contributed by atoms with Crippen molar-refractivity contribution in [1.29, 1.82) is 0 Å². The van der Waals surface area contributed by atoms with E-state index >= 15 is 0 Å². The van der Waals surface area contributed by atoms with Crippen LogP contribution in [0.1, 0.15) is 69.6 Å². The third kappa shape index (κ3) is 6.81. The summed E-state index contributed by atoms with van der Waals surface area (Å²) in [5, 5.41) is 3.62. The summed E-state index contributed by atoms with van der Waals surface area (Å²) in [5.41, 5.74) is 0.449. The van der Waals surface area contributed by atoms with Crippen LogP contribution in [0.4, 0.5) is 5.00 Å². The zero-order valence-electron chi connectivity index (χ0n) is 20.3. The molecule has 0 aliphatic carbocycles. The molecule has 1 amide bonds. The number of esters is 2. The smallest absolute Gasteiger partial charge is 0.348 e. The van der Waals surface area contributed by atoms with E-state index in [0.717, 1.165) is 11.3 Å². The molecule has 0 aliphatic heterocycles. The molecule has 36 heavy (non-hydrogen) atoms. The third-order valence-electron chi connectivity index (χ3n) is 4.60. The van der Waals surface area contributed by atoms with Crippen LogP contribution in [0, 0.1) is 6.92 Å². The lowest BCUT2D eigenvalue weighted by atomic mass is 10.1. The minimum absolute atomic E-state index is 0.0173. The molecule has 3 rings (SSSR count). The van der Waals surface area contributed by atoms with Gasteiger partial charge < -0.3 is 23.9 Å². The second-order valence-corrected chi connectivity index (χ2v) is 10.1. The minimum atomic E-state index is -0.661. The van der Waals surface area contributed by atoms with Crippen LogP contribution in [0.5, 0.6) is 5.75 Å². The molecule has 1 aromatic carbocycles. The lowest BCUT2D eigenvalue weighted by molar-refractivity contribution is 0.0378. The molecule has 2 heterocycles. The predicted molar refractivity (Wildman–Crippen MR) is 138 cm³/mol. The normalized spacial score (nSPS) is 11.0. The maximum atomic E-state index is 12.9. The van der Waals surface area contributed by atoms with Crippen molar-refractivity contribution in [2.75, 3.05) is 5.32 Å². The summed E-state index contributed by atoms with van der Waals surface area (Å²) in [7, 11) is 0. The van der Waals surface area contributed by atoms with E-state index in [0.29, 0.717) is 27.1 Å². The highest BCUT2D eigenvalue weighted by Gasteiger charge is 2.29. The van der Waals surface area contributed by atoms with E-state index in [4.69, 9.17) is 41.8 Å². The summed E-state index contributed by atoms with van der Waals surface area (Å²) < 4.78 is 21.8. The molecule has 2 aromatic heterocycles. The van der Waals surface area contributed by atoms with Gasteiger partial charge in [0.25, 0.3) is 5.91 Å². The van der Waals surface area contributed by atoms with Gasteiger partial charge in [0.1, 0.15) is 28.0 Å². The summed E-state index contributed by atoms with van der Waals surface area (Å²) in [5.74, 6) is -1.11. The van der Waals surface area contributed by atoms with Gasteiger partial charge in [-0.25, -0.2) is 9.59 Å². The number of thiophene rings is 1. The monoisotopic (exact) mass is 553 g/mol. The van der Waals surface area contributed by atoms with E-state index in [-0.39, 0.29) is 33.9 Å². The molecule has 192 valence electrons. The molecule has 0 fully saturated rings. The van der Waals surface area contributed by atoms with Crippen molar-refractivity contribution in [2.45, 2.75) is 53.4 Å². The zero-order valence-corrected chi connectivity index (χ0v) is 22.6. The highest BCUT2D eigenvalue weighted by atomic mass is 35.5. The highest BCUT2D eigenvalue weighted by Crippen LogP contribution is 2.35. The first-order valence-corrected chi connectivity index (χ1v) is 12.6. The van der Waals surface area contributed by atoms with Crippen LogP contribution in [-0.2, 0) is 16.1 Å². The highest BCUT2D eigenvalue weighted by molar-refractivity contribution is 7.18. The van der Waals surface area contributed by atoms with Crippen LogP contribution >= 0.6 is 34.5 Å². The summed E-state index contributed by atoms with van der Waals surface area (Å²) in [6, 6.07) is 7.87. The average molecular weight is 554 g/mol. The Kier molecular flexibility index (Phi) is 9.05. The van der Waals surface area contributed by atoms with Crippen LogP contribution in [0.25, 0.3) is 0 Å². The molecular weight excluding hydrogens is 529 g/mol. The SMILES string of the molecule is Cc1c(C(=O)OC(C)C)sc(NC(=O)c2ccc(COc3ccc(Cl)cc3Cl)o2)c1C(=O)OC(C)C. The Bertz CT molecular complexity index is 1280. The number of rotatable bonds is 9. The van der Waals surface area contributed by atoms with Gasteiger partial charge in [-0.15, -0.1) is 11.3 Å². The second-order valence-electron chi connectivity index (χ2n) is 8.25. The van der Waals surface area contributed by atoms with Crippen molar-refractivity contribution in [1.82, 2.24) is 0 Å². The summed E-state index contributed by atoms with van der Waals surface area (Å²) in [6.45, 7) is 8.46. The lowest BCUT2D eigenvalue weighted by Crippen LogP contribution is -2.17. The van der Waals surface area contributed by atoms with Gasteiger partial charge >= 0.3 is 11.9 Å². The summed E-state index contributed by atoms with van der Waals surface area (Å²) >= 11 is 12.9. The van der Waals surface area contributed by atoms with Gasteiger partial charge in [-0.2, -0.15) is 0 Å². The van der Waals surface area contributed by atoms with Crippen LogP contribution in [0.15, 0.2) is 34.7 Å². The van der Waals surface area contributed by atoms with Gasteiger partial charge in [-0.1, -0.05) is 23.2 Å². The molecule has 8 nitrogen and oxygen atoms in total. The standard InChI is InChI=1S/C25H25Cl2NO7S/c1-12(2)33-24(30)20-14(5)21(25(31)34-13(3)4)36-23(20)28-22(29)19-9-7-16(35-19)11-32-18-8-6-15(26)10-17(18)27/h6-10,12-13H,11H2,1-5H3,(H,28,29). The summed E-state index contributed by atoms with van der Waals surface area (Å²) in [4.78, 5) is 38.4. The Hall–Kier alpha value is -3.01. The van der Waals surface area contributed by atoms with E-state index in [2.05, 4.69) is 5.32 Å². The maximum Gasteiger partial charge on any atom is 0.348 e. The van der Waals surface area contributed by atoms with Crippen molar-refractivity contribution in [3.8, 4) is 5.75 Å². The quantitative estimate of drug-likeness (QED) is 0.287. The number of ether oxygens (including phenoxy) is 3. The van der Waals surface area contributed by atoms with Gasteiger partial charge in [-0.05, 0) is 70.5 Å². The van der Waals surface area contributed by atoms with Crippen molar-refractivity contribution in [2.24, 2.45) is 0 Å². The number of nitrogens with one attached hydrogen (secondary N) is 1. The Morgan fingerprint density at radius 2 is 1.67 bits per heavy atom. The Morgan fingerprint density at radius 1 is 1.00 bits per heavy atom. The summed E-state index contributed by atoms with van der Waals surface area (Å²) in [6.07, 6.45) is -0.747. The average Bonchev–Trinajstić information content (AvgIpc) is 3.37. The second kappa shape index (κ2) is 11.8. The Balaban J connectivity index is 1.79. The zero-order chi connectivity index (χ0) is 26.6. The van der Waals surface area contributed by atoms with Gasteiger partial charge in [0.05, 0.1) is 22.8 Å². The van der Waals surface area contributed by atoms with E-state index < -0.39 is 23.9 Å². The Morgan fingerprint density at radius 3 is 2.31 bits per heavy atom. The number of anilines is 1. The Labute approximate surface area is 222 Å². The molecule has 0 unspecified atom stereocenters. The molecule has 0 saturated heterocycles. The number of hydrogen-bond donors (Lipinski definition) is 1. The fraction of sp³-hybridized carbons (Fsp3) is 0.320. The van der Waals surface area contributed by atoms with Gasteiger partial charge in [0, 0.05) is 5.02 Å². The molecule has 3 aromatic rings. The fourth-order valence-electron chi connectivity index (χ4n) is 3.07. The molecule has 0 spiro atoms.